The highest BCUT2D eigenvalue weighted by Crippen LogP contribution is 2.09. The summed E-state index contributed by atoms with van der Waals surface area (Å²) in [6.45, 7) is 7.84. The van der Waals surface area contributed by atoms with Crippen LogP contribution in [0.25, 0.3) is 0 Å². The zero-order valence-corrected chi connectivity index (χ0v) is 8.42. The molecule has 3 heteroatoms. The second kappa shape index (κ2) is 5.04. The molecule has 0 radical (unpaired) electrons. The normalized spacial score (nSPS) is 11.1. The Balaban J connectivity index is 2.52. The lowest BCUT2D eigenvalue weighted by molar-refractivity contribution is 0.269. The van der Waals surface area contributed by atoms with Crippen LogP contribution in [-0.2, 0) is 13.1 Å². The van der Waals surface area contributed by atoms with Crippen LogP contribution in [0, 0.1) is 0 Å². The molecule has 0 aliphatic carbocycles. The molecule has 3 nitrogen and oxygen atoms in total. The molecular weight excluding hydrogens is 164 g/mol. The fourth-order valence-corrected chi connectivity index (χ4v) is 1.28. The summed E-state index contributed by atoms with van der Waals surface area (Å²) in [5.74, 6) is 1.00. The molecule has 0 fully saturated rings. The van der Waals surface area contributed by atoms with Gasteiger partial charge in [-0.05, 0) is 19.2 Å². The quantitative estimate of drug-likeness (QED) is 0.751. The topological polar surface area (TPSA) is 42.4 Å². The Bertz CT molecular complexity index is 241. The summed E-state index contributed by atoms with van der Waals surface area (Å²) < 4.78 is 5.37. The fourth-order valence-electron chi connectivity index (χ4n) is 1.28. The molecule has 1 aromatic rings. The zero-order chi connectivity index (χ0) is 9.68. The number of rotatable bonds is 5. The molecule has 0 bridgehead atoms. The van der Waals surface area contributed by atoms with Gasteiger partial charge >= 0.3 is 0 Å². The van der Waals surface area contributed by atoms with Crippen LogP contribution in [0.3, 0.4) is 0 Å². The molecule has 0 spiro atoms. The van der Waals surface area contributed by atoms with Gasteiger partial charge in [-0.15, -0.1) is 0 Å². The molecule has 0 amide bonds. The summed E-state index contributed by atoms with van der Waals surface area (Å²) in [6, 6.07) is 2.03. The first-order valence-electron chi connectivity index (χ1n) is 4.78. The standard InChI is InChI=1S/C10H18N2O/c1-3-12(4-2)7-10-5-9(6-11)8-13-10/h5,8H,3-4,6-7,11H2,1-2H3. The Morgan fingerprint density at radius 3 is 2.54 bits per heavy atom. The van der Waals surface area contributed by atoms with E-state index in [1.165, 1.54) is 0 Å². The van der Waals surface area contributed by atoms with Crippen molar-refractivity contribution in [1.29, 1.82) is 0 Å². The SMILES string of the molecule is CCN(CC)Cc1cc(CN)co1. The van der Waals surface area contributed by atoms with Crippen LogP contribution in [0.15, 0.2) is 16.7 Å². The molecule has 0 aliphatic rings. The van der Waals surface area contributed by atoms with E-state index in [0.717, 1.165) is 31.0 Å². The average Bonchev–Trinajstić information content (AvgIpc) is 2.61. The lowest BCUT2D eigenvalue weighted by Crippen LogP contribution is -2.21. The van der Waals surface area contributed by atoms with Crippen LogP contribution >= 0.6 is 0 Å². The Morgan fingerprint density at radius 1 is 1.38 bits per heavy atom. The summed E-state index contributed by atoms with van der Waals surface area (Å²) in [5.41, 5.74) is 6.56. The number of hydrogen-bond acceptors (Lipinski definition) is 3. The molecule has 0 saturated carbocycles. The predicted molar refractivity (Wildman–Crippen MR) is 53.2 cm³/mol. The molecule has 0 aromatic carbocycles. The highest BCUT2D eigenvalue weighted by atomic mass is 16.3. The predicted octanol–water partition coefficient (Wildman–Crippen LogP) is 1.58. The maximum absolute atomic E-state index is 5.49. The van der Waals surface area contributed by atoms with Crippen molar-refractivity contribution in [3.8, 4) is 0 Å². The number of furan rings is 1. The van der Waals surface area contributed by atoms with Crippen LogP contribution in [-0.4, -0.2) is 18.0 Å². The van der Waals surface area contributed by atoms with Gasteiger partial charge in [0.1, 0.15) is 5.76 Å². The summed E-state index contributed by atoms with van der Waals surface area (Å²) in [4.78, 5) is 2.30. The minimum Gasteiger partial charge on any atom is -0.468 e. The Labute approximate surface area is 79.5 Å². The Morgan fingerprint density at radius 2 is 2.08 bits per heavy atom. The lowest BCUT2D eigenvalue weighted by Gasteiger charge is -2.15. The molecule has 0 atom stereocenters. The highest BCUT2D eigenvalue weighted by molar-refractivity contribution is 5.12. The Kier molecular flexibility index (Phi) is 3.99. The largest absolute Gasteiger partial charge is 0.468 e. The van der Waals surface area contributed by atoms with Crippen LogP contribution in [0.5, 0.6) is 0 Å². The van der Waals surface area contributed by atoms with Gasteiger partial charge in [0.2, 0.25) is 0 Å². The second-order valence-corrected chi connectivity index (χ2v) is 3.09. The molecule has 13 heavy (non-hydrogen) atoms. The van der Waals surface area contributed by atoms with Gasteiger partial charge < -0.3 is 10.2 Å². The zero-order valence-electron chi connectivity index (χ0n) is 8.42. The van der Waals surface area contributed by atoms with Gasteiger partial charge in [-0.3, -0.25) is 4.90 Å². The summed E-state index contributed by atoms with van der Waals surface area (Å²) in [6.07, 6.45) is 1.73. The molecule has 0 saturated heterocycles. The van der Waals surface area contributed by atoms with Crippen LogP contribution < -0.4 is 5.73 Å². The van der Waals surface area contributed by atoms with Crippen LogP contribution in [0.4, 0.5) is 0 Å². The third-order valence-corrected chi connectivity index (χ3v) is 2.22. The average molecular weight is 182 g/mol. The Hall–Kier alpha value is -0.800. The summed E-state index contributed by atoms with van der Waals surface area (Å²) in [7, 11) is 0. The first-order chi connectivity index (χ1) is 6.30. The van der Waals surface area contributed by atoms with Gasteiger partial charge in [0.15, 0.2) is 0 Å². The van der Waals surface area contributed by atoms with Crippen LogP contribution in [0.2, 0.25) is 0 Å². The molecule has 0 aliphatic heterocycles. The second-order valence-electron chi connectivity index (χ2n) is 3.09. The number of hydrogen-bond donors (Lipinski definition) is 1. The fraction of sp³-hybridized carbons (Fsp3) is 0.600. The van der Waals surface area contributed by atoms with Crippen molar-refractivity contribution in [2.45, 2.75) is 26.9 Å². The van der Waals surface area contributed by atoms with E-state index in [9.17, 15) is 0 Å². The van der Waals surface area contributed by atoms with E-state index >= 15 is 0 Å². The highest BCUT2D eigenvalue weighted by Gasteiger charge is 2.04. The lowest BCUT2D eigenvalue weighted by atomic mass is 10.3. The van der Waals surface area contributed by atoms with Gasteiger partial charge in [0.05, 0.1) is 12.8 Å². The summed E-state index contributed by atoms with van der Waals surface area (Å²) >= 11 is 0. The van der Waals surface area contributed by atoms with E-state index in [0.29, 0.717) is 6.54 Å². The first-order valence-corrected chi connectivity index (χ1v) is 4.78. The molecule has 1 heterocycles. The van der Waals surface area contributed by atoms with Gasteiger partial charge in [-0.2, -0.15) is 0 Å². The van der Waals surface area contributed by atoms with E-state index < -0.39 is 0 Å². The van der Waals surface area contributed by atoms with Gasteiger partial charge in [0.25, 0.3) is 0 Å². The van der Waals surface area contributed by atoms with Crippen LogP contribution in [0.1, 0.15) is 25.2 Å². The van der Waals surface area contributed by atoms with Crippen molar-refractivity contribution >= 4 is 0 Å². The van der Waals surface area contributed by atoms with Gasteiger partial charge in [-0.1, -0.05) is 13.8 Å². The van der Waals surface area contributed by atoms with Crippen molar-refractivity contribution < 1.29 is 4.42 Å². The first kappa shape index (κ1) is 10.3. The van der Waals surface area contributed by atoms with E-state index in [1.807, 2.05) is 6.07 Å². The third-order valence-electron chi connectivity index (χ3n) is 2.22. The van der Waals surface area contributed by atoms with E-state index in [4.69, 9.17) is 10.2 Å². The van der Waals surface area contributed by atoms with E-state index in [2.05, 4.69) is 18.7 Å². The molecule has 0 unspecified atom stereocenters. The smallest absolute Gasteiger partial charge is 0.118 e. The van der Waals surface area contributed by atoms with E-state index in [1.54, 1.807) is 6.26 Å². The molecule has 1 rings (SSSR count). The van der Waals surface area contributed by atoms with Crippen molar-refractivity contribution in [3.63, 3.8) is 0 Å². The molecule has 2 N–H and O–H groups in total. The maximum atomic E-state index is 5.49. The number of nitrogens with two attached hydrogens (primary N) is 1. The van der Waals surface area contributed by atoms with Crippen molar-refractivity contribution in [1.82, 2.24) is 4.90 Å². The minimum absolute atomic E-state index is 0.557. The molecular formula is C10H18N2O. The van der Waals surface area contributed by atoms with Crippen molar-refractivity contribution in [2.75, 3.05) is 13.1 Å². The molecule has 1 aromatic heterocycles. The summed E-state index contributed by atoms with van der Waals surface area (Å²) in [5, 5.41) is 0. The van der Waals surface area contributed by atoms with Crippen molar-refractivity contribution in [2.24, 2.45) is 5.73 Å². The van der Waals surface area contributed by atoms with Gasteiger partial charge in [-0.25, -0.2) is 0 Å². The monoisotopic (exact) mass is 182 g/mol. The van der Waals surface area contributed by atoms with E-state index in [-0.39, 0.29) is 0 Å². The minimum atomic E-state index is 0.557. The van der Waals surface area contributed by atoms with Crippen molar-refractivity contribution in [3.05, 3.63) is 23.7 Å². The number of nitrogens with zero attached hydrogens (tertiary/aromatic N) is 1. The maximum Gasteiger partial charge on any atom is 0.118 e. The third kappa shape index (κ3) is 2.86. The molecule has 74 valence electrons. The van der Waals surface area contributed by atoms with Gasteiger partial charge in [0, 0.05) is 12.1 Å².